The van der Waals surface area contributed by atoms with Crippen LogP contribution in [-0.4, -0.2) is 60.1 Å². The normalized spacial score (nSPS) is 17.4. The summed E-state index contributed by atoms with van der Waals surface area (Å²) in [5.41, 5.74) is 0.500. The molecule has 1 aliphatic rings. The number of benzene rings is 1. The third-order valence-electron chi connectivity index (χ3n) is 5.35. The summed E-state index contributed by atoms with van der Waals surface area (Å²) in [6.07, 6.45) is 5.48. The molecule has 3 amide bonds. The van der Waals surface area contributed by atoms with Crippen LogP contribution in [0.4, 0.5) is 4.79 Å². The minimum atomic E-state index is -0.966. The molecule has 1 fully saturated rings. The van der Waals surface area contributed by atoms with Crippen molar-refractivity contribution in [2.45, 2.75) is 65.1 Å². The van der Waals surface area contributed by atoms with Gasteiger partial charge in [-0.1, -0.05) is 25.0 Å². The number of hydrogen-bond donors (Lipinski definition) is 2. The Morgan fingerprint density at radius 3 is 2.31 bits per heavy atom. The zero-order valence-corrected chi connectivity index (χ0v) is 21.1. The Hall–Kier alpha value is -3.54. The van der Waals surface area contributed by atoms with E-state index < -0.39 is 35.5 Å². The molecule has 0 bridgehead atoms. The van der Waals surface area contributed by atoms with Gasteiger partial charge in [0.2, 0.25) is 11.8 Å². The lowest BCUT2D eigenvalue weighted by Gasteiger charge is -2.32. The highest BCUT2D eigenvalue weighted by Gasteiger charge is 2.46. The second kappa shape index (κ2) is 12.2. The number of ether oxygens (including phenoxy) is 2. The Morgan fingerprint density at radius 1 is 1.17 bits per heavy atom. The minimum absolute atomic E-state index is 0.0102. The molecule has 0 spiro atoms. The van der Waals surface area contributed by atoms with Crippen molar-refractivity contribution >= 4 is 23.9 Å². The largest absolute Gasteiger partial charge is 0.466 e. The molecule has 0 aliphatic heterocycles. The molecule has 190 valence electrons. The Bertz CT molecular complexity index is 961. The van der Waals surface area contributed by atoms with Crippen LogP contribution < -0.4 is 10.6 Å². The average molecular weight is 486 g/mol. The van der Waals surface area contributed by atoms with Gasteiger partial charge in [0, 0.05) is 18.2 Å². The fourth-order valence-corrected chi connectivity index (χ4v) is 3.58. The molecule has 0 radical (unpaired) electrons. The Morgan fingerprint density at radius 2 is 1.80 bits per heavy atom. The third-order valence-corrected chi connectivity index (χ3v) is 5.35. The van der Waals surface area contributed by atoms with Crippen molar-refractivity contribution in [2.75, 3.05) is 19.7 Å². The molecular formula is C26H35N3O6. The van der Waals surface area contributed by atoms with Gasteiger partial charge in [-0.2, -0.15) is 0 Å². The van der Waals surface area contributed by atoms with E-state index in [4.69, 9.17) is 15.9 Å². The monoisotopic (exact) mass is 485 g/mol. The van der Waals surface area contributed by atoms with E-state index in [1.54, 1.807) is 52.0 Å². The quantitative estimate of drug-likeness (QED) is 0.389. The molecule has 9 heteroatoms. The van der Waals surface area contributed by atoms with E-state index >= 15 is 0 Å². The van der Waals surface area contributed by atoms with Gasteiger partial charge in [-0.25, -0.2) is 4.79 Å². The smallest absolute Gasteiger partial charge is 0.408 e. The van der Waals surface area contributed by atoms with Gasteiger partial charge >= 0.3 is 12.1 Å². The molecule has 1 saturated carbocycles. The van der Waals surface area contributed by atoms with Crippen molar-refractivity contribution in [1.82, 2.24) is 15.5 Å². The first-order valence-electron chi connectivity index (χ1n) is 11.7. The van der Waals surface area contributed by atoms with Gasteiger partial charge in [0.1, 0.15) is 18.2 Å². The first-order chi connectivity index (χ1) is 16.5. The summed E-state index contributed by atoms with van der Waals surface area (Å²) in [4.78, 5) is 51.9. The number of nitrogens with zero attached hydrogens (tertiary/aromatic N) is 1. The zero-order valence-electron chi connectivity index (χ0n) is 21.1. The molecule has 1 aliphatic carbocycles. The number of carbonyl (C=O) groups excluding carboxylic acids is 4. The van der Waals surface area contributed by atoms with Crippen LogP contribution in [0.5, 0.6) is 0 Å². The minimum Gasteiger partial charge on any atom is -0.466 e. The van der Waals surface area contributed by atoms with Crippen molar-refractivity contribution in [1.29, 1.82) is 0 Å². The summed E-state index contributed by atoms with van der Waals surface area (Å²) in [7, 11) is 0. The van der Waals surface area contributed by atoms with Gasteiger partial charge in [0.05, 0.1) is 13.0 Å². The van der Waals surface area contributed by atoms with E-state index in [9.17, 15) is 19.2 Å². The maximum absolute atomic E-state index is 13.3. The molecule has 2 rings (SSSR count). The van der Waals surface area contributed by atoms with E-state index in [0.29, 0.717) is 11.1 Å². The second-order valence-corrected chi connectivity index (χ2v) is 9.45. The molecule has 3 unspecified atom stereocenters. The Labute approximate surface area is 206 Å². The molecular weight excluding hydrogens is 450 g/mol. The molecule has 0 saturated heterocycles. The summed E-state index contributed by atoms with van der Waals surface area (Å²) >= 11 is 0. The van der Waals surface area contributed by atoms with Crippen molar-refractivity contribution in [3.63, 3.8) is 0 Å². The molecule has 9 nitrogen and oxygen atoms in total. The van der Waals surface area contributed by atoms with Gasteiger partial charge in [-0.05, 0) is 57.7 Å². The van der Waals surface area contributed by atoms with Crippen molar-refractivity contribution < 1.29 is 28.7 Å². The van der Waals surface area contributed by atoms with Crippen molar-refractivity contribution in [3.8, 4) is 12.3 Å². The van der Waals surface area contributed by atoms with Crippen molar-refractivity contribution in [3.05, 3.63) is 35.4 Å². The predicted molar refractivity (Wildman–Crippen MR) is 130 cm³/mol. The summed E-state index contributed by atoms with van der Waals surface area (Å²) in [6.45, 7) is 8.86. The first-order valence-corrected chi connectivity index (χ1v) is 11.7. The van der Waals surface area contributed by atoms with E-state index in [2.05, 4.69) is 16.6 Å². The van der Waals surface area contributed by atoms with Crippen LogP contribution in [0.15, 0.2) is 24.3 Å². The number of hydrogen-bond acceptors (Lipinski definition) is 6. The number of terminal acetylenes is 1. The van der Waals surface area contributed by atoms with E-state index in [1.807, 2.05) is 6.92 Å². The molecule has 2 N–H and O–H groups in total. The van der Waals surface area contributed by atoms with Crippen LogP contribution in [-0.2, 0) is 23.9 Å². The van der Waals surface area contributed by atoms with Crippen LogP contribution in [0.3, 0.4) is 0 Å². The molecule has 1 aromatic rings. The average Bonchev–Trinajstić information content (AvgIpc) is 3.50. The van der Waals surface area contributed by atoms with Crippen LogP contribution >= 0.6 is 0 Å². The zero-order chi connectivity index (χ0) is 26.2. The first kappa shape index (κ1) is 27.7. The Balaban J connectivity index is 2.25. The fraction of sp³-hybridized carbons (Fsp3) is 0.538. The summed E-state index contributed by atoms with van der Waals surface area (Å²) < 4.78 is 10.1. The molecule has 1 aromatic carbocycles. The highest BCUT2D eigenvalue weighted by atomic mass is 16.6. The number of nitrogens with one attached hydrogen (secondary N) is 2. The molecule has 0 aromatic heterocycles. The number of carbonyl (C=O) groups is 4. The summed E-state index contributed by atoms with van der Waals surface area (Å²) in [5.74, 6) is 1.45. The highest BCUT2D eigenvalue weighted by molar-refractivity contribution is 5.91. The number of alkyl carbamates (subject to hydrolysis) is 1. The van der Waals surface area contributed by atoms with E-state index in [-0.39, 0.29) is 38.1 Å². The van der Waals surface area contributed by atoms with Crippen LogP contribution in [0.25, 0.3) is 0 Å². The number of amides is 3. The maximum atomic E-state index is 13.3. The summed E-state index contributed by atoms with van der Waals surface area (Å²) in [6, 6.07) is 5.68. The topological polar surface area (TPSA) is 114 Å². The predicted octanol–water partition coefficient (Wildman–Crippen LogP) is 2.54. The highest BCUT2D eigenvalue weighted by Crippen LogP contribution is 2.40. The molecule has 0 heterocycles. The van der Waals surface area contributed by atoms with Gasteiger partial charge < -0.3 is 25.0 Å². The van der Waals surface area contributed by atoms with Crippen molar-refractivity contribution in [2.24, 2.45) is 5.92 Å². The van der Waals surface area contributed by atoms with Gasteiger partial charge in [-0.15, -0.1) is 6.42 Å². The van der Waals surface area contributed by atoms with Crippen LogP contribution in [0.2, 0.25) is 0 Å². The third kappa shape index (κ3) is 8.63. The van der Waals surface area contributed by atoms with E-state index in [0.717, 1.165) is 6.42 Å². The van der Waals surface area contributed by atoms with Gasteiger partial charge in [-0.3, -0.25) is 14.4 Å². The maximum Gasteiger partial charge on any atom is 0.408 e. The SMILES string of the molecule is C#Cc1ccc(C(C(=O)NCCC(=O)OCC)N(C(=O)CNC(=O)OC(C)(C)C)C2CC2C)cc1. The van der Waals surface area contributed by atoms with Gasteiger partial charge in [0.25, 0.3) is 0 Å². The number of rotatable bonds is 10. The Kier molecular flexibility index (Phi) is 9.69. The van der Waals surface area contributed by atoms with E-state index in [1.165, 1.54) is 4.90 Å². The molecule has 35 heavy (non-hydrogen) atoms. The summed E-state index contributed by atoms with van der Waals surface area (Å²) in [5, 5.41) is 5.22. The second-order valence-electron chi connectivity index (χ2n) is 9.45. The van der Waals surface area contributed by atoms with Crippen LogP contribution in [0.1, 0.15) is 64.6 Å². The molecule has 3 atom stereocenters. The lowest BCUT2D eigenvalue weighted by molar-refractivity contribution is -0.144. The number of esters is 1. The van der Waals surface area contributed by atoms with Gasteiger partial charge in [0.15, 0.2) is 0 Å². The lowest BCUT2D eigenvalue weighted by Crippen LogP contribution is -2.49. The van der Waals surface area contributed by atoms with Crippen LogP contribution in [0, 0.1) is 18.3 Å². The standard InChI is InChI=1S/C26H35N3O6/c1-7-18-9-11-19(12-10-18)23(24(32)27-14-13-22(31)34-8-2)29(20-15-17(20)3)21(30)16-28-25(33)35-26(4,5)6/h1,9-12,17,20,23H,8,13-16H2,2-6H3,(H,27,32)(H,28,33). The lowest BCUT2D eigenvalue weighted by atomic mass is 10.0. The fourth-order valence-electron chi connectivity index (χ4n) is 3.58.